The van der Waals surface area contributed by atoms with Gasteiger partial charge < -0.3 is 20.5 Å². The molecule has 0 saturated carbocycles. The molecule has 0 aliphatic carbocycles. The minimum Gasteiger partial charge on any atom is -0.468 e. The third-order valence-electron chi connectivity index (χ3n) is 3.85. The van der Waals surface area contributed by atoms with E-state index in [1.54, 1.807) is 6.07 Å². The van der Waals surface area contributed by atoms with Crippen molar-refractivity contribution in [1.82, 2.24) is 15.6 Å². The number of aliphatic imine (C=N–C) groups is 1. The molecule has 1 aromatic heterocycles. The standard InChI is InChI=1S/C19H31F3N4O2/c1-4-23-18(25-10-15(7-8-27)9-14(2)3)26-12-16-5-6-17(24-11-16)28-13-19(20,21)22/h5-6,11,14-15,27H,4,7-10,12-13H2,1-3H3,(H2,23,25,26). The number of aliphatic hydroxyl groups excluding tert-OH is 1. The van der Waals surface area contributed by atoms with Gasteiger partial charge in [0.1, 0.15) is 0 Å². The zero-order chi connectivity index (χ0) is 21.0. The maximum atomic E-state index is 12.2. The highest BCUT2D eigenvalue weighted by Gasteiger charge is 2.28. The summed E-state index contributed by atoms with van der Waals surface area (Å²) >= 11 is 0. The number of halogens is 3. The molecule has 0 amide bonds. The SMILES string of the molecule is CCNC(=NCc1ccc(OCC(F)(F)F)nc1)NCC(CCO)CC(C)C. The van der Waals surface area contributed by atoms with Gasteiger partial charge in [0.2, 0.25) is 5.88 Å². The third-order valence-corrected chi connectivity index (χ3v) is 3.85. The van der Waals surface area contributed by atoms with Crippen LogP contribution in [0.2, 0.25) is 0 Å². The molecule has 28 heavy (non-hydrogen) atoms. The Morgan fingerprint density at radius 2 is 2.04 bits per heavy atom. The third kappa shape index (κ3) is 11.0. The Balaban J connectivity index is 2.60. The molecule has 0 bridgehead atoms. The van der Waals surface area contributed by atoms with Crippen LogP contribution in [0.1, 0.15) is 39.2 Å². The number of aromatic nitrogens is 1. The van der Waals surface area contributed by atoms with Crippen LogP contribution >= 0.6 is 0 Å². The highest BCUT2D eigenvalue weighted by Crippen LogP contribution is 2.17. The summed E-state index contributed by atoms with van der Waals surface area (Å²) in [7, 11) is 0. The maximum absolute atomic E-state index is 12.2. The molecule has 0 fully saturated rings. The van der Waals surface area contributed by atoms with E-state index in [9.17, 15) is 18.3 Å². The van der Waals surface area contributed by atoms with Crippen molar-refractivity contribution >= 4 is 5.96 Å². The van der Waals surface area contributed by atoms with Crippen molar-refractivity contribution in [3.63, 3.8) is 0 Å². The molecule has 6 nitrogen and oxygen atoms in total. The van der Waals surface area contributed by atoms with Crippen LogP contribution in [0.4, 0.5) is 13.2 Å². The van der Waals surface area contributed by atoms with Crippen LogP contribution in [0.5, 0.6) is 5.88 Å². The zero-order valence-electron chi connectivity index (χ0n) is 16.7. The van der Waals surface area contributed by atoms with Crippen molar-refractivity contribution in [3.8, 4) is 5.88 Å². The molecule has 0 radical (unpaired) electrons. The molecule has 0 aliphatic heterocycles. The van der Waals surface area contributed by atoms with Gasteiger partial charge in [-0.25, -0.2) is 9.98 Å². The Kier molecular flexibility index (Phi) is 10.7. The van der Waals surface area contributed by atoms with Crippen molar-refractivity contribution in [2.24, 2.45) is 16.8 Å². The second-order valence-corrected chi connectivity index (χ2v) is 6.99. The van der Waals surface area contributed by atoms with Gasteiger partial charge in [0, 0.05) is 32.0 Å². The molecule has 0 spiro atoms. The Morgan fingerprint density at radius 3 is 2.57 bits per heavy atom. The summed E-state index contributed by atoms with van der Waals surface area (Å²) in [4.78, 5) is 8.36. The lowest BCUT2D eigenvalue weighted by atomic mass is 9.94. The first-order chi connectivity index (χ1) is 13.2. The molecule has 0 aromatic carbocycles. The molecule has 3 N–H and O–H groups in total. The second kappa shape index (κ2) is 12.4. The quantitative estimate of drug-likeness (QED) is 0.390. The molecule has 1 aromatic rings. The highest BCUT2D eigenvalue weighted by atomic mass is 19.4. The number of alkyl halides is 3. The van der Waals surface area contributed by atoms with Crippen LogP contribution in [-0.2, 0) is 6.54 Å². The fourth-order valence-electron chi connectivity index (χ4n) is 2.65. The van der Waals surface area contributed by atoms with Crippen molar-refractivity contribution in [2.75, 3.05) is 26.3 Å². The summed E-state index contributed by atoms with van der Waals surface area (Å²) in [6.45, 7) is 6.79. The zero-order valence-corrected chi connectivity index (χ0v) is 16.7. The minimum atomic E-state index is -4.39. The van der Waals surface area contributed by atoms with E-state index in [0.717, 1.165) is 18.4 Å². The average molecular weight is 404 g/mol. The highest BCUT2D eigenvalue weighted by molar-refractivity contribution is 5.79. The summed E-state index contributed by atoms with van der Waals surface area (Å²) in [5, 5.41) is 15.7. The lowest BCUT2D eigenvalue weighted by Gasteiger charge is -2.20. The average Bonchev–Trinajstić information content (AvgIpc) is 2.62. The van der Waals surface area contributed by atoms with Gasteiger partial charge >= 0.3 is 6.18 Å². The van der Waals surface area contributed by atoms with Crippen LogP contribution in [0, 0.1) is 11.8 Å². The molecule has 0 aliphatic rings. The van der Waals surface area contributed by atoms with Gasteiger partial charge in [0.05, 0.1) is 6.54 Å². The Labute approximate surface area is 164 Å². The van der Waals surface area contributed by atoms with Gasteiger partial charge in [0.25, 0.3) is 0 Å². The van der Waals surface area contributed by atoms with Crippen LogP contribution < -0.4 is 15.4 Å². The normalized spacial score (nSPS) is 13.5. The Hall–Kier alpha value is -2.03. The van der Waals surface area contributed by atoms with Gasteiger partial charge in [-0.1, -0.05) is 19.9 Å². The van der Waals surface area contributed by atoms with Gasteiger partial charge in [-0.05, 0) is 37.2 Å². The number of rotatable bonds is 11. The molecule has 1 unspecified atom stereocenters. The van der Waals surface area contributed by atoms with Gasteiger partial charge in [-0.3, -0.25) is 0 Å². The van der Waals surface area contributed by atoms with Gasteiger partial charge in [-0.2, -0.15) is 13.2 Å². The molecule has 1 atom stereocenters. The Morgan fingerprint density at radius 1 is 1.29 bits per heavy atom. The minimum absolute atomic E-state index is 0.0735. The van der Waals surface area contributed by atoms with E-state index in [1.807, 2.05) is 6.92 Å². The molecular weight excluding hydrogens is 373 g/mol. The fourth-order valence-corrected chi connectivity index (χ4v) is 2.65. The number of hydrogen-bond acceptors (Lipinski definition) is 4. The van der Waals surface area contributed by atoms with Crippen LogP contribution in [0.15, 0.2) is 23.3 Å². The molecular formula is C19H31F3N4O2. The molecule has 9 heteroatoms. The van der Waals surface area contributed by atoms with Crippen LogP contribution in [0.3, 0.4) is 0 Å². The number of aliphatic hydroxyl groups is 1. The molecule has 0 saturated heterocycles. The lowest BCUT2D eigenvalue weighted by molar-refractivity contribution is -0.154. The number of pyridine rings is 1. The first kappa shape index (κ1) is 24.0. The van der Waals surface area contributed by atoms with Crippen LogP contribution in [0.25, 0.3) is 0 Å². The van der Waals surface area contributed by atoms with Crippen molar-refractivity contribution < 1.29 is 23.0 Å². The predicted octanol–water partition coefficient (Wildman–Crippen LogP) is 3.12. The smallest absolute Gasteiger partial charge is 0.422 e. The summed E-state index contributed by atoms with van der Waals surface area (Å²) in [5.74, 6) is 1.46. The molecule has 1 rings (SSSR count). The van der Waals surface area contributed by atoms with E-state index in [1.165, 1.54) is 12.3 Å². The van der Waals surface area contributed by atoms with Gasteiger partial charge in [0.15, 0.2) is 12.6 Å². The van der Waals surface area contributed by atoms with Crippen molar-refractivity contribution in [1.29, 1.82) is 0 Å². The second-order valence-electron chi connectivity index (χ2n) is 6.99. The largest absolute Gasteiger partial charge is 0.468 e. The molecule has 1 heterocycles. The summed E-state index contributed by atoms with van der Waals surface area (Å²) in [5.41, 5.74) is 0.755. The number of guanidine groups is 1. The van der Waals surface area contributed by atoms with E-state index in [0.29, 0.717) is 37.4 Å². The van der Waals surface area contributed by atoms with Crippen molar-refractivity contribution in [3.05, 3.63) is 23.9 Å². The number of hydrogen-bond donors (Lipinski definition) is 3. The van der Waals surface area contributed by atoms with E-state index < -0.39 is 12.8 Å². The fraction of sp³-hybridized carbons (Fsp3) is 0.684. The maximum Gasteiger partial charge on any atom is 0.422 e. The first-order valence-corrected chi connectivity index (χ1v) is 9.51. The van der Waals surface area contributed by atoms with Gasteiger partial charge in [-0.15, -0.1) is 0 Å². The van der Waals surface area contributed by atoms with Crippen LogP contribution in [-0.4, -0.2) is 48.5 Å². The summed E-state index contributed by atoms with van der Waals surface area (Å²) in [6.07, 6.45) is -1.20. The first-order valence-electron chi connectivity index (χ1n) is 9.51. The Bertz CT molecular complexity index is 578. The number of ether oxygens (including phenoxy) is 1. The summed E-state index contributed by atoms with van der Waals surface area (Å²) < 4.78 is 41.0. The van der Waals surface area contributed by atoms with Crippen molar-refractivity contribution in [2.45, 2.75) is 46.3 Å². The summed E-state index contributed by atoms with van der Waals surface area (Å²) in [6, 6.07) is 3.04. The van der Waals surface area contributed by atoms with E-state index >= 15 is 0 Å². The number of nitrogens with one attached hydrogen (secondary N) is 2. The van der Waals surface area contributed by atoms with E-state index in [-0.39, 0.29) is 12.5 Å². The predicted molar refractivity (Wildman–Crippen MR) is 103 cm³/mol. The van der Waals surface area contributed by atoms with E-state index in [2.05, 4.69) is 39.2 Å². The van der Waals surface area contributed by atoms with E-state index in [4.69, 9.17) is 0 Å². The topological polar surface area (TPSA) is 78.8 Å². The lowest BCUT2D eigenvalue weighted by Crippen LogP contribution is -2.40. The molecule has 160 valence electrons. The monoisotopic (exact) mass is 404 g/mol. The number of nitrogens with zero attached hydrogens (tertiary/aromatic N) is 2.